The Labute approximate surface area is 184 Å². The second-order valence-electron chi connectivity index (χ2n) is 9.66. The summed E-state index contributed by atoms with van der Waals surface area (Å²) < 4.78 is 11.4. The van der Waals surface area contributed by atoms with Crippen molar-refractivity contribution < 1.29 is 14.3 Å². The van der Waals surface area contributed by atoms with Gasteiger partial charge in [-0.1, -0.05) is 30.3 Å². The molecular formula is C26H32N2O3. The number of ether oxygens (including phenoxy) is 2. The SMILES string of the molecule is C[C@H]1Oc2cc3c(cc2O1)C(C)(C)N(CCC1CCN(Cc2ccccc2)CC1)C3=O. The van der Waals surface area contributed by atoms with Crippen LogP contribution in [0, 0.1) is 5.92 Å². The Bertz CT molecular complexity index is 964. The van der Waals surface area contributed by atoms with Crippen LogP contribution in [0.1, 0.15) is 61.5 Å². The fraction of sp³-hybridized carbons (Fsp3) is 0.500. The van der Waals surface area contributed by atoms with Gasteiger partial charge < -0.3 is 14.4 Å². The maximum Gasteiger partial charge on any atom is 0.255 e. The average Bonchev–Trinajstić information content (AvgIpc) is 3.21. The summed E-state index contributed by atoms with van der Waals surface area (Å²) in [7, 11) is 0. The highest BCUT2D eigenvalue weighted by Crippen LogP contribution is 2.46. The van der Waals surface area contributed by atoms with Gasteiger partial charge in [-0.2, -0.15) is 0 Å². The largest absolute Gasteiger partial charge is 0.451 e. The molecule has 1 amide bonds. The van der Waals surface area contributed by atoms with E-state index in [4.69, 9.17) is 9.47 Å². The molecule has 0 unspecified atom stereocenters. The van der Waals surface area contributed by atoms with Crippen molar-refractivity contribution in [2.75, 3.05) is 19.6 Å². The summed E-state index contributed by atoms with van der Waals surface area (Å²) in [6.45, 7) is 10.3. The van der Waals surface area contributed by atoms with Crippen molar-refractivity contribution in [3.05, 3.63) is 59.2 Å². The number of hydrogen-bond acceptors (Lipinski definition) is 4. The highest BCUT2D eigenvalue weighted by Gasteiger charge is 2.44. The number of carbonyl (C=O) groups is 1. The van der Waals surface area contributed by atoms with Gasteiger partial charge in [0.1, 0.15) is 0 Å². The standard InChI is InChI=1S/C26H32N2O3/c1-18-30-23-15-21-22(16-24(23)31-18)26(2,3)28(25(21)29)14-11-19-9-12-27(13-10-19)17-20-7-5-4-6-8-20/h4-8,15-16,18-19H,9-14,17H2,1-3H3/t18-/m0/s1. The molecular weight excluding hydrogens is 388 g/mol. The minimum Gasteiger partial charge on any atom is -0.451 e. The molecule has 164 valence electrons. The van der Waals surface area contributed by atoms with Gasteiger partial charge in [0.05, 0.1) is 5.54 Å². The van der Waals surface area contributed by atoms with Gasteiger partial charge in [-0.25, -0.2) is 0 Å². The Kier molecular flexibility index (Phi) is 5.17. The molecule has 5 rings (SSSR count). The van der Waals surface area contributed by atoms with Crippen molar-refractivity contribution in [1.82, 2.24) is 9.80 Å². The molecule has 1 atom stereocenters. The lowest BCUT2D eigenvalue weighted by Crippen LogP contribution is -2.41. The van der Waals surface area contributed by atoms with Gasteiger partial charge in [0.15, 0.2) is 11.5 Å². The zero-order valence-electron chi connectivity index (χ0n) is 18.8. The van der Waals surface area contributed by atoms with Crippen molar-refractivity contribution in [2.45, 2.75) is 58.4 Å². The van der Waals surface area contributed by atoms with Crippen LogP contribution in [0.25, 0.3) is 0 Å². The maximum atomic E-state index is 13.2. The van der Waals surface area contributed by atoms with Crippen LogP contribution in [0.5, 0.6) is 11.5 Å². The smallest absolute Gasteiger partial charge is 0.255 e. The number of likely N-dealkylation sites (tertiary alicyclic amines) is 1. The van der Waals surface area contributed by atoms with E-state index >= 15 is 0 Å². The summed E-state index contributed by atoms with van der Waals surface area (Å²) in [6, 6.07) is 14.6. The van der Waals surface area contributed by atoms with Crippen molar-refractivity contribution in [3.63, 3.8) is 0 Å². The number of benzene rings is 2. The quantitative estimate of drug-likeness (QED) is 0.697. The molecule has 1 fully saturated rings. The van der Waals surface area contributed by atoms with E-state index in [-0.39, 0.29) is 17.7 Å². The van der Waals surface area contributed by atoms with E-state index in [9.17, 15) is 4.79 Å². The first-order chi connectivity index (χ1) is 14.9. The number of fused-ring (bicyclic) bond motifs is 2. The summed E-state index contributed by atoms with van der Waals surface area (Å²) in [6.07, 6.45) is 3.18. The topological polar surface area (TPSA) is 42.0 Å². The Balaban J connectivity index is 1.19. The van der Waals surface area contributed by atoms with Crippen LogP contribution in [0.15, 0.2) is 42.5 Å². The number of carbonyl (C=O) groups excluding carboxylic acids is 1. The third-order valence-corrected chi connectivity index (χ3v) is 7.20. The Morgan fingerprint density at radius 2 is 1.71 bits per heavy atom. The van der Waals surface area contributed by atoms with Crippen LogP contribution in [0.3, 0.4) is 0 Å². The molecule has 0 spiro atoms. The van der Waals surface area contributed by atoms with Gasteiger partial charge >= 0.3 is 0 Å². The van der Waals surface area contributed by atoms with Gasteiger partial charge in [-0.15, -0.1) is 0 Å². The molecule has 0 aromatic heterocycles. The van der Waals surface area contributed by atoms with Crippen molar-refractivity contribution in [2.24, 2.45) is 5.92 Å². The third kappa shape index (κ3) is 3.80. The summed E-state index contributed by atoms with van der Waals surface area (Å²) >= 11 is 0. The second kappa shape index (κ2) is 7.86. The molecule has 3 aliphatic heterocycles. The third-order valence-electron chi connectivity index (χ3n) is 7.20. The lowest BCUT2D eigenvalue weighted by molar-refractivity contribution is 0.0573. The number of hydrogen-bond donors (Lipinski definition) is 0. The lowest BCUT2D eigenvalue weighted by Gasteiger charge is -2.36. The van der Waals surface area contributed by atoms with Gasteiger partial charge in [-0.05, 0) is 75.4 Å². The van der Waals surface area contributed by atoms with Crippen LogP contribution in [0.4, 0.5) is 0 Å². The molecule has 5 heteroatoms. The fourth-order valence-corrected chi connectivity index (χ4v) is 5.32. The molecule has 31 heavy (non-hydrogen) atoms. The van der Waals surface area contributed by atoms with Crippen LogP contribution in [-0.2, 0) is 12.1 Å². The highest BCUT2D eigenvalue weighted by molar-refractivity contribution is 6.00. The van der Waals surface area contributed by atoms with Crippen molar-refractivity contribution >= 4 is 5.91 Å². The predicted octanol–water partition coefficient (Wildman–Crippen LogP) is 4.80. The van der Waals surface area contributed by atoms with Gasteiger partial charge in [0, 0.05) is 25.6 Å². The van der Waals surface area contributed by atoms with Crippen molar-refractivity contribution in [3.8, 4) is 11.5 Å². The highest BCUT2D eigenvalue weighted by atomic mass is 16.7. The molecule has 0 saturated carbocycles. The molecule has 0 radical (unpaired) electrons. The Hall–Kier alpha value is -2.53. The number of rotatable bonds is 5. The van der Waals surface area contributed by atoms with Gasteiger partial charge in [0.2, 0.25) is 6.29 Å². The van der Waals surface area contributed by atoms with Gasteiger partial charge in [-0.3, -0.25) is 9.69 Å². The maximum absolute atomic E-state index is 13.2. The molecule has 2 aromatic carbocycles. The molecule has 3 aliphatic rings. The Morgan fingerprint density at radius 1 is 1.03 bits per heavy atom. The first kappa shape index (κ1) is 20.4. The van der Waals surface area contributed by atoms with E-state index in [1.54, 1.807) is 0 Å². The number of amides is 1. The van der Waals surface area contributed by atoms with E-state index in [0.717, 1.165) is 49.5 Å². The summed E-state index contributed by atoms with van der Waals surface area (Å²) in [5.41, 5.74) is 2.87. The zero-order chi connectivity index (χ0) is 21.6. The van der Waals surface area contributed by atoms with Crippen molar-refractivity contribution in [1.29, 1.82) is 0 Å². The fourth-order valence-electron chi connectivity index (χ4n) is 5.32. The first-order valence-corrected chi connectivity index (χ1v) is 11.5. The van der Waals surface area contributed by atoms with Gasteiger partial charge in [0.25, 0.3) is 5.91 Å². The van der Waals surface area contributed by atoms with E-state index < -0.39 is 0 Å². The summed E-state index contributed by atoms with van der Waals surface area (Å²) in [5.74, 6) is 2.23. The van der Waals surface area contributed by atoms with Crippen LogP contribution >= 0.6 is 0 Å². The lowest BCUT2D eigenvalue weighted by atomic mass is 9.91. The summed E-state index contributed by atoms with van der Waals surface area (Å²) in [5, 5.41) is 0. The summed E-state index contributed by atoms with van der Waals surface area (Å²) in [4.78, 5) is 17.8. The first-order valence-electron chi connectivity index (χ1n) is 11.5. The Morgan fingerprint density at radius 3 is 2.42 bits per heavy atom. The molecule has 1 saturated heterocycles. The van der Waals surface area contributed by atoms with E-state index in [1.165, 1.54) is 18.4 Å². The number of piperidine rings is 1. The molecule has 2 aromatic rings. The van der Waals surface area contributed by atoms with Crippen LogP contribution in [0.2, 0.25) is 0 Å². The second-order valence-corrected chi connectivity index (χ2v) is 9.66. The molecule has 0 bridgehead atoms. The molecule has 0 N–H and O–H groups in total. The molecule has 3 heterocycles. The van der Waals surface area contributed by atoms with E-state index in [0.29, 0.717) is 11.7 Å². The average molecular weight is 421 g/mol. The minimum atomic E-state index is -0.329. The normalized spacial score (nSPS) is 22.7. The van der Waals surface area contributed by atoms with Crippen LogP contribution < -0.4 is 9.47 Å². The predicted molar refractivity (Wildman–Crippen MR) is 120 cm³/mol. The van der Waals surface area contributed by atoms with E-state index in [1.807, 2.05) is 24.0 Å². The van der Waals surface area contributed by atoms with Crippen LogP contribution in [-0.4, -0.2) is 41.6 Å². The number of nitrogens with zero attached hydrogens (tertiary/aromatic N) is 2. The molecule has 5 nitrogen and oxygen atoms in total. The van der Waals surface area contributed by atoms with E-state index in [2.05, 4.69) is 49.1 Å². The minimum absolute atomic E-state index is 0.118. The molecule has 0 aliphatic carbocycles. The zero-order valence-corrected chi connectivity index (χ0v) is 18.8. The monoisotopic (exact) mass is 420 g/mol.